The van der Waals surface area contributed by atoms with Gasteiger partial charge in [-0.3, -0.25) is 0 Å². The summed E-state index contributed by atoms with van der Waals surface area (Å²) in [6.07, 6.45) is 9.90. The molecular weight excluding hydrogens is 246 g/mol. The molecule has 2 N–H and O–H groups in total. The zero-order valence-corrected chi connectivity index (χ0v) is 13.7. The van der Waals surface area contributed by atoms with E-state index < -0.39 is 0 Å². The van der Waals surface area contributed by atoms with Crippen LogP contribution >= 0.6 is 0 Å². The maximum Gasteiger partial charge on any atom is 0.0107 e. The van der Waals surface area contributed by atoms with E-state index in [4.69, 9.17) is 0 Å². The van der Waals surface area contributed by atoms with Gasteiger partial charge in [-0.15, -0.1) is 0 Å². The summed E-state index contributed by atoms with van der Waals surface area (Å²) >= 11 is 0. The summed E-state index contributed by atoms with van der Waals surface area (Å²) in [5, 5.41) is 7.31. The predicted octanol–water partition coefficient (Wildman–Crippen LogP) is 2.62. The van der Waals surface area contributed by atoms with Crippen LogP contribution in [0.2, 0.25) is 0 Å². The minimum atomic E-state index is 0.632. The second kappa shape index (κ2) is 9.01. The molecule has 0 radical (unpaired) electrons. The van der Waals surface area contributed by atoms with Gasteiger partial charge in [0.15, 0.2) is 0 Å². The van der Waals surface area contributed by atoms with Crippen molar-refractivity contribution in [1.82, 2.24) is 15.5 Å². The maximum absolute atomic E-state index is 3.77. The van der Waals surface area contributed by atoms with Gasteiger partial charge in [0.1, 0.15) is 0 Å². The second-order valence-electron chi connectivity index (χ2n) is 7.14. The Bertz CT molecular complexity index is 249. The Balaban J connectivity index is 1.50. The van der Waals surface area contributed by atoms with Crippen LogP contribution in [0.3, 0.4) is 0 Å². The largest absolute Gasteiger partial charge is 0.315 e. The average molecular weight is 281 g/mol. The smallest absolute Gasteiger partial charge is 0.0107 e. The molecule has 118 valence electrons. The molecule has 2 fully saturated rings. The van der Waals surface area contributed by atoms with Gasteiger partial charge in [0.05, 0.1) is 0 Å². The molecule has 0 aromatic rings. The van der Waals surface area contributed by atoms with Crippen molar-refractivity contribution in [3.63, 3.8) is 0 Å². The number of hydrogen-bond acceptors (Lipinski definition) is 3. The lowest BCUT2D eigenvalue weighted by atomic mass is 9.95. The molecule has 1 saturated heterocycles. The normalized spacial score (nSPS) is 25.6. The van der Waals surface area contributed by atoms with Gasteiger partial charge in [-0.2, -0.15) is 0 Å². The van der Waals surface area contributed by atoms with Crippen LogP contribution < -0.4 is 10.6 Å². The summed E-state index contributed by atoms with van der Waals surface area (Å²) in [6.45, 7) is 10.8. The van der Waals surface area contributed by atoms with E-state index in [1.807, 2.05) is 0 Å². The first-order valence-electron chi connectivity index (χ1n) is 8.93. The van der Waals surface area contributed by atoms with Crippen molar-refractivity contribution in [3.8, 4) is 0 Å². The standard InChI is InChI=1S/C17H35N3/c1-15(2)18-10-8-16-9-12-20(14-16)13-11-19-17-6-4-3-5-7-17/h15-19H,3-14H2,1-2H3. The van der Waals surface area contributed by atoms with E-state index in [0.717, 1.165) is 12.0 Å². The molecule has 1 unspecified atom stereocenters. The Kier molecular flexibility index (Phi) is 7.32. The Labute approximate surface area is 125 Å². The third-order valence-electron chi connectivity index (χ3n) is 4.94. The van der Waals surface area contributed by atoms with E-state index in [1.54, 1.807) is 0 Å². The molecule has 1 atom stereocenters. The topological polar surface area (TPSA) is 27.3 Å². The van der Waals surface area contributed by atoms with Gasteiger partial charge in [-0.05, 0) is 44.7 Å². The molecule has 1 aliphatic heterocycles. The number of nitrogens with zero attached hydrogens (tertiary/aromatic N) is 1. The zero-order valence-electron chi connectivity index (χ0n) is 13.7. The van der Waals surface area contributed by atoms with Crippen molar-refractivity contribution in [1.29, 1.82) is 0 Å². The highest BCUT2D eigenvalue weighted by molar-refractivity contribution is 4.78. The highest BCUT2D eigenvalue weighted by Gasteiger charge is 2.22. The van der Waals surface area contributed by atoms with Crippen LogP contribution in [-0.4, -0.2) is 49.7 Å². The van der Waals surface area contributed by atoms with E-state index >= 15 is 0 Å². The summed E-state index contributed by atoms with van der Waals surface area (Å²) in [7, 11) is 0. The van der Waals surface area contributed by atoms with E-state index in [2.05, 4.69) is 29.4 Å². The molecule has 1 heterocycles. The van der Waals surface area contributed by atoms with Crippen molar-refractivity contribution >= 4 is 0 Å². The average Bonchev–Trinajstić information content (AvgIpc) is 2.87. The summed E-state index contributed by atoms with van der Waals surface area (Å²) in [5.74, 6) is 0.927. The number of rotatable bonds is 8. The molecule has 0 spiro atoms. The van der Waals surface area contributed by atoms with Crippen LogP contribution in [0.25, 0.3) is 0 Å². The lowest BCUT2D eigenvalue weighted by Gasteiger charge is -2.24. The highest BCUT2D eigenvalue weighted by Crippen LogP contribution is 2.19. The lowest BCUT2D eigenvalue weighted by Crippen LogP contribution is -2.37. The monoisotopic (exact) mass is 281 g/mol. The quantitative estimate of drug-likeness (QED) is 0.716. The SMILES string of the molecule is CC(C)NCCC1CCN(CCNC2CCCCC2)C1. The number of nitrogens with one attached hydrogen (secondary N) is 2. The van der Waals surface area contributed by atoms with E-state index in [1.165, 1.54) is 77.7 Å². The first-order valence-corrected chi connectivity index (χ1v) is 8.93. The fourth-order valence-corrected chi connectivity index (χ4v) is 3.66. The zero-order chi connectivity index (χ0) is 14.2. The van der Waals surface area contributed by atoms with E-state index in [9.17, 15) is 0 Å². The predicted molar refractivity (Wildman–Crippen MR) is 87.2 cm³/mol. The molecular formula is C17H35N3. The van der Waals surface area contributed by atoms with Gasteiger partial charge < -0.3 is 15.5 Å². The third-order valence-corrected chi connectivity index (χ3v) is 4.94. The molecule has 2 rings (SSSR count). The van der Waals surface area contributed by atoms with Crippen molar-refractivity contribution < 1.29 is 0 Å². The van der Waals surface area contributed by atoms with Gasteiger partial charge in [-0.25, -0.2) is 0 Å². The van der Waals surface area contributed by atoms with Crippen LogP contribution in [0.4, 0.5) is 0 Å². The summed E-state index contributed by atoms with van der Waals surface area (Å²) in [5.41, 5.74) is 0. The van der Waals surface area contributed by atoms with Gasteiger partial charge in [0.2, 0.25) is 0 Å². The maximum atomic E-state index is 3.77. The van der Waals surface area contributed by atoms with Gasteiger partial charge in [0, 0.05) is 31.7 Å². The van der Waals surface area contributed by atoms with Crippen LogP contribution in [0.1, 0.15) is 58.8 Å². The fraction of sp³-hybridized carbons (Fsp3) is 1.00. The van der Waals surface area contributed by atoms with E-state index in [-0.39, 0.29) is 0 Å². The van der Waals surface area contributed by atoms with E-state index in [0.29, 0.717) is 6.04 Å². The molecule has 3 heteroatoms. The third kappa shape index (κ3) is 6.11. The first-order chi connectivity index (χ1) is 9.74. The number of likely N-dealkylation sites (tertiary alicyclic amines) is 1. The molecule has 0 bridgehead atoms. The molecule has 0 amide bonds. The Morgan fingerprint density at radius 3 is 2.60 bits per heavy atom. The second-order valence-corrected chi connectivity index (χ2v) is 7.14. The van der Waals surface area contributed by atoms with Gasteiger partial charge in [0.25, 0.3) is 0 Å². The van der Waals surface area contributed by atoms with Crippen molar-refractivity contribution in [2.75, 3.05) is 32.7 Å². The highest BCUT2D eigenvalue weighted by atomic mass is 15.2. The van der Waals surface area contributed by atoms with Crippen molar-refractivity contribution in [2.24, 2.45) is 5.92 Å². The summed E-state index contributed by atoms with van der Waals surface area (Å²) in [4.78, 5) is 2.66. The van der Waals surface area contributed by atoms with Crippen molar-refractivity contribution in [2.45, 2.75) is 70.9 Å². The molecule has 1 saturated carbocycles. The molecule has 1 aliphatic carbocycles. The molecule has 20 heavy (non-hydrogen) atoms. The molecule has 2 aliphatic rings. The fourth-order valence-electron chi connectivity index (χ4n) is 3.66. The minimum Gasteiger partial charge on any atom is -0.315 e. The molecule has 3 nitrogen and oxygen atoms in total. The van der Waals surface area contributed by atoms with Crippen LogP contribution in [0, 0.1) is 5.92 Å². The molecule has 0 aromatic heterocycles. The molecule has 0 aromatic carbocycles. The summed E-state index contributed by atoms with van der Waals surface area (Å²) < 4.78 is 0. The van der Waals surface area contributed by atoms with Crippen LogP contribution in [0.15, 0.2) is 0 Å². The van der Waals surface area contributed by atoms with Crippen LogP contribution in [-0.2, 0) is 0 Å². The Morgan fingerprint density at radius 2 is 1.85 bits per heavy atom. The lowest BCUT2D eigenvalue weighted by molar-refractivity contribution is 0.296. The van der Waals surface area contributed by atoms with Crippen LogP contribution in [0.5, 0.6) is 0 Å². The first kappa shape index (κ1) is 16.3. The minimum absolute atomic E-state index is 0.632. The number of hydrogen-bond donors (Lipinski definition) is 2. The van der Waals surface area contributed by atoms with Gasteiger partial charge >= 0.3 is 0 Å². The van der Waals surface area contributed by atoms with Gasteiger partial charge in [-0.1, -0.05) is 33.1 Å². The Hall–Kier alpha value is -0.120. The summed E-state index contributed by atoms with van der Waals surface area (Å²) in [6, 6.07) is 1.45. The Morgan fingerprint density at radius 1 is 1.05 bits per heavy atom. The van der Waals surface area contributed by atoms with Crippen molar-refractivity contribution in [3.05, 3.63) is 0 Å².